The van der Waals surface area contributed by atoms with Crippen molar-refractivity contribution in [3.63, 3.8) is 0 Å². The van der Waals surface area contributed by atoms with Crippen LogP contribution in [0.25, 0.3) is 0 Å². The predicted octanol–water partition coefficient (Wildman–Crippen LogP) is 3.23. The third-order valence-corrected chi connectivity index (χ3v) is 1.90. The molecular formula is C8H6BrF3O. The van der Waals surface area contributed by atoms with Crippen LogP contribution in [0.5, 0.6) is 5.75 Å². The molecule has 0 spiro atoms. The van der Waals surface area contributed by atoms with Gasteiger partial charge in [-0.15, -0.1) is 0 Å². The predicted molar refractivity (Wildman–Crippen MR) is 45.6 cm³/mol. The van der Waals surface area contributed by atoms with E-state index in [1.54, 1.807) is 0 Å². The fraction of sp³-hybridized carbons (Fsp3) is 0.250. The molecule has 1 aromatic carbocycles. The highest BCUT2D eigenvalue weighted by Gasteiger charge is 2.10. The van der Waals surface area contributed by atoms with Gasteiger partial charge in [-0.1, -0.05) is 6.07 Å². The summed E-state index contributed by atoms with van der Waals surface area (Å²) < 4.78 is 41.2. The minimum atomic E-state index is -2.61. The minimum Gasteiger partial charge on any atom is -0.483 e. The zero-order valence-corrected chi connectivity index (χ0v) is 8.02. The van der Waals surface area contributed by atoms with E-state index in [9.17, 15) is 13.2 Å². The first-order valence-electron chi connectivity index (χ1n) is 3.46. The first-order valence-corrected chi connectivity index (χ1v) is 4.25. The quantitative estimate of drug-likeness (QED) is 0.805. The third kappa shape index (κ3) is 2.91. The molecule has 1 rings (SSSR count). The number of ether oxygens (including phenoxy) is 1. The molecule has 0 N–H and O–H groups in total. The van der Waals surface area contributed by atoms with E-state index in [0.29, 0.717) is 4.47 Å². The van der Waals surface area contributed by atoms with Gasteiger partial charge in [0.2, 0.25) is 0 Å². The molecule has 0 aliphatic heterocycles. The monoisotopic (exact) mass is 254 g/mol. The molecule has 5 heteroatoms. The van der Waals surface area contributed by atoms with E-state index in [0.717, 1.165) is 6.07 Å². The molecule has 0 fully saturated rings. The average Bonchev–Trinajstić information content (AvgIpc) is 2.03. The molecule has 1 nitrogen and oxygen atoms in total. The Morgan fingerprint density at radius 2 is 2.08 bits per heavy atom. The molecule has 0 unspecified atom stereocenters. The molecular weight excluding hydrogens is 249 g/mol. The summed E-state index contributed by atoms with van der Waals surface area (Å²) in [4.78, 5) is 0. The molecule has 72 valence electrons. The lowest BCUT2D eigenvalue weighted by Gasteiger charge is -2.07. The lowest BCUT2D eigenvalue weighted by molar-refractivity contribution is 0.0795. The summed E-state index contributed by atoms with van der Waals surface area (Å²) in [7, 11) is 0. The third-order valence-electron chi connectivity index (χ3n) is 1.27. The van der Waals surface area contributed by atoms with Crippen LogP contribution >= 0.6 is 15.9 Å². The minimum absolute atomic E-state index is 0.178. The number of rotatable bonds is 3. The molecule has 0 amide bonds. The van der Waals surface area contributed by atoms with E-state index < -0.39 is 18.8 Å². The highest BCUT2D eigenvalue weighted by Crippen LogP contribution is 2.27. The molecule has 0 heterocycles. The maximum atomic E-state index is 12.9. The summed E-state index contributed by atoms with van der Waals surface area (Å²) in [5, 5.41) is 0. The molecule has 0 bridgehead atoms. The van der Waals surface area contributed by atoms with Crippen LogP contribution in [-0.4, -0.2) is 13.0 Å². The van der Waals surface area contributed by atoms with Crippen molar-refractivity contribution < 1.29 is 17.9 Å². The van der Waals surface area contributed by atoms with Crippen LogP contribution < -0.4 is 4.74 Å². The van der Waals surface area contributed by atoms with Crippen molar-refractivity contribution in [2.24, 2.45) is 0 Å². The lowest BCUT2D eigenvalue weighted by atomic mass is 10.3. The van der Waals surface area contributed by atoms with E-state index >= 15 is 0 Å². The summed E-state index contributed by atoms with van der Waals surface area (Å²) >= 11 is 2.99. The molecule has 0 saturated carbocycles. The van der Waals surface area contributed by atoms with Gasteiger partial charge in [0.1, 0.15) is 6.61 Å². The highest BCUT2D eigenvalue weighted by molar-refractivity contribution is 9.10. The topological polar surface area (TPSA) is 9.23 Å². The van der Waals surface area contributed by atoms with Gasteiger partial charge in [0.25, 0.3) is 6.43 Å². The lowest BCUT2D eigenvalue weighted by Crippen LogP contribution is -2.08. The Kier molecular flexibility index (Phi) is 3.59. The fourth-order valence-electron chi connectivity index (χ4n) is 0.767. The van der Waals surface area contributed by atoms with Crippen LogP contribution in [0, 0.1) is 5.82 Å². The summed E-state index contributed by atoms with van der Waals surface area (Å²) in [5.74, 6) is -0.835. The van der Waals surface area contributed by atoms with Crippen LogP contribution in [0.1, 0.15) is 0 Å². The summed E-state index contributed by atoms with van der Waals surface area (Å²) in [5.41, 5.74) is 0. The average molecular weight is 255 g/mol. The molecule has 1 aromatic rings. The van der Waals surface area contributed by atoms with Gasteiger partial charge >= 0.3 is 0 Å². The van der Waals surface area contributed by atoms with E-state index in [1.807, 2.05) is 0 Å². The molecule has 0 aliphatic carbocycles. The Hall–Kier alpha value is -0.710. The summed E-state index contributed by atoms with van der Waals surface area (Å²) in [6.45, 7) is -0.806. The van der Waals surface area contributed by atoms with Crippen molar-refractivity contribution in [3.05, 3.63) is 28.5 Å². The SMILES string of the molecule is Fc1cccc(Br)c1OCC(F)F. The Balaban J connectivity index is 2.75. The van der Waals surface area contributed by atoms with Gasteiger partial charge in [-0.2, -0.15) is 0 Å². The molecule has 0 aliphatic rings. The van der Waals surface area contributed by atoms with Crippen molar-refractivity contribution >= 4 is 15.9 Å². The van der Waals surface area contributed by atoms with Gasteiger partial charge in [0.05, 0.1) is 4.47 Å². The van der Waals surface area contributed by atoms with E-state index in [-0.39, 0.29) is 5.75 Å². The van der Waals surface area contributed by atoms with Crippen molar-refractivity contribution in [3.8, 4) is 5.75 Å². The normalized spacial score (nSPS) is 10.5. The standard InChI is InChI=1S/C8H6BrF3O/c9-5-2-1-3-6(10)8(5)13-4-7(11)12/h1-3,7H,4H2. The first kappa shape index (κ1) is 10.4. The van der Waals surface area contributed by atoms with Crippen LogP contribution in [-0.2, 0) is 0 Å². The largest absolute Gasteiger partial charge is 0.483 e. The van der Waals surface area contributed by atoms with E-state index in [1.165, 1.54) is 12.1 Å². The molecule has 0 saturated heterocycles. The number of benzene rings is 1. The number of alkyl halides is 2. The molecule has 0 aromatic heterocycles. The van der Waals surface area contributed by atoms with E-state index in [2.05, 4.69) is 20.7 Å². The van der Waals surface area contributed by atoms with Crippen molar-refractivity contribution in [2.75, 3.05) is 6.61 Å². The van der Waals surface area contributed by atoms with E-state index in [4.69, 9.17) is 0 Å². The number of halogens is 4. The second kappa shape index (κ2) is 4.50. The summed E-state index contributed by atoms with van der Waals surface area (Å²) in [6, 6.07) is 4.12. The van der Waals surface area contributed by atoms with Crippen molar-refractivity contribution in [2.45, 2.75) is 6.43 Å². The first-order chi connectivity index (χ1) is 6.11. The van der Waals surface area contributed by atoms with Gasteiger partial charge in [-0.05, 0) is 28.1 Å². The second-order valence-corrected chi connectivity index (χ2v) is 3.11. The second-order valence-electron chi connectivity index (χ2n) is 2.25. The Morgan fingerprint density at radius 3 is 2.62 bits per heavy atom. The maximum absolute atomic E-state index is 12.9. The van der Waals surface area contributed by atoms with Gasteiger partial charge in [-0.25, -0.2) is 13.2 Å². The van der Waals surface area contributed by atoms with Gasteiger partial charge < -0.3 is 4.74 Å². The number of hydrogen-bond donors (Lipinski definition) is 0. The number of hydrogen-bond acceptors (Lipinski definition) is 1. The van der Waals surface area contributed by atoms with Crippen LogP contribution in [0.4, 0.5) is 13.2 Å². The zero-order chi connectivity index (χ0) is 9.84. The molecule has 0 radical (unpaired) electrons. The summed E-state index contributed by atoms with van der Waals surface area (Å²) in [6.07, 6.45) is -2.61. The van der Waals surface area contributed by atoms with Crippen molar-refractivity contribution in [1.29, 1.82) is 0 Å². The van der Waals surface area contributed by atoms with Crippen LogP contribution in [0.2, 0.25) is 0 Å². The van der Waals surface area contributed by atoms with Crippen molar-refractivity contribution in [1.82, 2.24) is 0 Å². The Bertz CT molecular complexity index is 270. The highest BCUT2D eigenvalue weighted by atomic mass is 79.9. The Labute approximate surface area is 81.6 Å². The number of para-hydroxylation sites is 1. The molecule has 13 heavy (non-hydrogen) atoms. The Morgan fingerprint density at radius 1 is 1.38 bits per heavy atom. The van der Waals surface area contributed by atoms with Gasteiger partial charge in [0, 0.05) is 0 Å². The van der Waals surface area contributed by atoms with Gasteiger partial charge in [-0.3, -0.25) is 0 Å². The zero-order valence-electron chi connectivity index (χ0n) is 6.44. The fourth-order valence-corrected chi connectivity index (χ4v) is 1.22. The van der Waals surface area contributed by atoms with Crippen LogP contribution in [0.3, 0.4) is 0 Å². The smallest absolute Gasteiger partial charge is 0.272 e. The van der Waals surface area contributed by atoms with Crippen LogP contribution in [0.15, 0.2) is 22.7 Å². The van der Waals surface area contributed by atoms with Gasteiger partial charge in [0.15, 0.2) is 11.6 Å². The molecule has 0 atom stereocenters. The maximum Gasteiger partial charge on any atom is 0.272 e.